The summed E-state index contributed by atoms with van der Waals surface area (Å²) in [5.74, 6) is -0.880. The van der Waals surface area contributed by atoms with Gasteiger partial charge in [0.2, 0.25) is 5.91 Å². The number of anilines is 2. The van der Waals surface area contributed by atoms with Crippen LogP contribution in [0.1, 0.15) is 15.9 Å². The lowest BCUT2D eigenvalue weighted by Crippen LogP contribution is -2.51. The first-order valence-corrected chi connectivity index (χ1v) is 8.88. The van der Waals surface area contributed by atoms with Gasteiger partial charge >= 0.3 is 6.03 Å². The maximum Gasteiger partial charge on any atom is 0.322 e. The molecule has 2 aromatic carbocycles. The van der Waals surface area contributed by atoms with Gasteiger partial charge < -0.3 is 26.0 Å². The third-order valence-corrected chi connectivity index (χ3v) is 4.44. The number of ether oxygens (including phenoxy) is 1. The quantitative estimate of drug-likeness (QED) is 0.750. The Balaban J connectivity index is 1.70. The number of nitrogens with zero attached hydrogens (tertiary/aromatic N) is 1. The largest absolute Gasteiger partial charge is 0.367 e. The van der Waals surface area contributed by atoms with Crippen molar-refractivity contribution >= 4 is 29.2 Å². The van der Waals surface area contributed by atoms with Crippen molar-refractivity contribution in [2.75, 3.05) is 30.3 Å². The zero-order valence-corrected chi connectivity index (χ0v) is 15.5. The van der Waals surface area contributed by atoms with Gasteiger partial charge in [-0.1, -0.05) is 24.3 Å². The molecule has 2 aromatic rings. The Kier molecular flexibility index (Phi) is 5.90. The van der Waals surface area contributed by atoms with Gasteiger partial charge in [-0.25, -0.2) is 4.79 Å². The van der Waals surface area contributed by atoms with E-state index in [2.05, 4.69) is 10.6 Å². The Labute approximate surface area is 162 Å². The van der Waals surface area contributed by atoms with E-state index in [0.717, 1.165) is 5.56 Å². The maximum atomic E-state index is 12.6. The number of carbonyl (C=O) groups excluding carboxylic acids is 3. The average molecular weight is 382 g/mol. The summed E-state index contributed by atoms with van der Waals surface area (Å²) in [6.45, 7) is 2.51. The van der Waals surface area contributed by atoms with Crippen molar-refractivity contribution in [3.05, 3.63) is 59.7 Å². The summed E-state index contributed by atoms with van der Waals surface area (Å²) in [5.41, 5.74) is 7.69. The lowest BCUT2D eigenvalue weighted by molar-refractivity contribution is -0.133. The smallest absolute Gasteiger partial charge is 0.322 e. The predicted octanol–water partition coefficient (Wildman–Crippen LogP) is 1.97. The van der Waals surface area contributed by atoms with Crippen LogP contribution in [-0.2, 0) is 9.53 Å². The van der Waals surface area contributed by atoms with Crippen LogP contribution in [0.2, 0.25) is 0 Å². The second-order valence-corrected chi connectivity index (χ2v) is 6.49. The first kappa shape index (κ1) is 19.4. The van der Waals surface area contributed by atoms with Crippen LogP contribution >= 0.6 is 0 Å². The molecule has 146 valence electrons. The van der Waals surface area contributed by atoms with Gasteiger partial charge in [0, 0.05) is 23.5 Å². The molecule has 3 rings (SSSR count). The van der Waals surface area contributed by atoms with E-state index in [4.69, 9.17) is 10.5 Å². The van der Waals surface area contributed by atoms with Gasteiger partial charge in [0.15, 0.2) is 6.10 Å². The average Bonchev–Trinajstić information content (AvgIpc) is 2.70. The standard InChI is InChI=1S/C20H22N4O4/c1-13-7-8-14(19(26)22-15-5-3-2-4-6-15)11-16(13)23-20(27)24-9-10-28-17(12-24)18(21)25/h2-8,11,17H,9-10,12H2,1H3,(H2,21,25)(H,22,26)(H,23,27). The summed E-state index contributed by atoms with van der Waals surface area (Å²) < 4.78 is 5.25. The highest BCUT2D eigenvalue weighted by Gasteiger charge is 2.28. The van der Waals surface area contributed by atoms with Crippen LogP contribution < -0.4 is 16.4 Å². The molecule has 0 saturated carbocycles. The van der Waals surface area contributed by atoms with Crippen LogP contribution in [0.3, 0.4) is 0 Å². The molecule has 1 fully saturated rings. The van der Waals surface area contributed by atoms with E-state index in [-0.39, 0.29) is 25.1 Å². The van der Waals surface area contributed by atoms with E-state index < -0.39 is 12.0 Å². The molecule has 1 saturated heterocycles. The van der Waals surface area contributed by atoms with Gasteiger partial charge in [-0.05, 0) is 36.8 Å². The molecule has 1 aliphatic heterocycles. The van der Waals surface area contributed by atoms with Crippen molar-refractivity contribution in [3.8, 4) is 0 Å². The second-order valence-electron chi connectivity index (χ2n) is 6.49. The predicted molar refractivity (Wildman–Crippen MR) is 105 cm³/mol. The zero-order valence-electron chi connectivity index (χ0n) is 15.5. The molecule has 0 aromatic heterocycles. The molecule has 1 heterocycles. The molecule has 0 aliphatic carbocycles. The highest BCUT2D eigenvalue weighted by atomic mass is 16.5. The van der Waals surface area contributed by atoms with Crippen LogP contribution in [0, 0.1) is 6.92 Å². The monoisotopic (exact) mass is 382 g/mol. The highest BCUT2D eigenvalue weighted by molar-refractivity contribution is 6.05. The fraction of sp³-hybridized carbons (Fsp3) is 0.250. The van der Waals surface area contributed by atoms with Gasteiger partial charge in [-0.2, -0.15) is 0 Å². The minimum absolute atomic E-state index is 0.0917. The topological polar surface area (TPSA) is 114 Å². The Morgan fingerprint density at radius 3 is 2.57 bits per heavy atom. The Morgan fingerprint density at radius 2 is 1.86 bits per heavy atom. The van der Waals surface area contributed by atoms with Crippen molar-refractivity contribution in [1.82, 2.24) is 4.90 Å². The number of nitrogens with one attached hydrogen (secondary N) is 2. The molecule has 28 heavy (non-hydrogen) atoms. The molecular formula is C20H22N4O4. The van der Waals surface area contributed by atoms with E-state index in [0.29, 0.717) is 23.5 Å². The van der Waals surface area contributed by atoms with E-state index >= 15 is 0 Å². The van der Waals surface area contributed by atoms with Gasteiger partial charge in [-0.3, -0.25) is 9.59 Å². The van der Waals surface area contributed by atoms with E-state index in [1.54, 1.807) is 30.3 Å². The van der Waals surface area contributed by atoms with E-state index in [9.17, 15) is 14.4 Å². The number of rotatable bonds is 4. The fourth-order valence-electron chi connectivity index (χ4n) is 2.82. The van der Waals surface area contributed by atoms with Gasteiger partial charge in [0.1, 0.15) is 0 Å². The van der Waals surface area contributed by atoms with Crippen LogP contribution in [0.4, 0.5) is 16.2 Å². The fourth-order valence-corrected chi connectivity index (χ4v) is 2.82. The molecule has 8 heteroatoms. The number of amides is 4. The van der Waals surface area contributed by atoms with Gasteiger partial charge in [0.05, 0.1) is 13.2 Å². The minimum Gasteiger partial charge on any atom is -0.367 e. The SMILES string of the molecule is Cc1ccc(C(=O)Nc2ccccc2)cc1NC(=O)N1CCOC(C(N)=O)C1. The number of morpholine rings is 1. The van der Waals surface area contributed by atoms with Crippen molar-refractivity contribution in [1.29, 1.82) is 0 Å². The second kappa shape index (κ2) is 8.53. The van der Waals surface area contributed by atoms with Gasteiger partial charge in [0.25, 0.3) is 5.91 Å². The molecule has 1 unspecified atom stereocenters. The summed E-state index contributed by atoms with van der Waals surface area (Å²) in [5, 5.41) is 5.61. The van der Waals surface area contributed by atoms with Crippen LogP contribution in [0.5, 0.6) is 0 Å². The van der Waals surface area contributed by atoms with Crippen molar-refractivity contribution < 1.29 is 19.1 Å². The molecular weight excluding hydrogens is 360 g/mol. The molecule has 4 N–H and O–H groups in total. The van der Waals surface area contributed by atoms with Crippen molar-refractivity contribution in [2.45, 2.75) is 13.0 Å². The van der Waals surface area contributed by atoms with Crippen LogP contribution in [0.25, 0.3) is 0 Å². The number of nitrogens with two attached hydrogens (primary N) is 1. The van der Waals surface area contributed by atoms with Crippen LogP contribution in [0.15, 0.2) is 48.5 Å². The third kappa shape index (κ3) is 4.66. The molecule has 0 radical (unpaired) electrons. The molecule has 0 bridgehead atoms. The van der Waals surface area contributed by atoms with Crippen molar-refractivity contribution in [3.63, 3.8) is 0 Å². The van der Waals surface area contributed by atoms with E-state index in [1.165, 1.54) is 4.90 Å². The number of hydrogen-bond acceptors (Lipinski definition) is 4. The number of primary amides is 1. The number of benzene rings is 2. The first-order chi connectivity index (χ1) is 13.4. The number of urea groups is 1. The van der Waals surface area contributed by atoms with Gasteiger partial charge in [-0.15, -0.1) is 0 Å². The van der Waals surface area contributed by atoms with E-state index in [1.807, 2.05) is 25.1 Å². The Bertz CT molecular complexity index is 885. The summed E-state index contributed by atoms with van der Waals surface area (Å²) in [7, 11) is 0. The molecule has 8 nitrogen and oxygen atoms in total. The lowest BCUT2D eigenvalue weighted by Gasteiger charge is -2.31. The Morgan fingerprint density at radius 1 is 1.11 bits per heavy atom. The number of aryl methyl sites for hydroxylation is 1. The molecule has 0 spiro atoms. The number of carbonyl (C=O) groups is 3. The molecule has 1 aliphatic rings. The molecule has 1 atom stereocenters. The lowest BCUT2D eigenvalue weighted by atomic mass is 10.1. The summed E-state index contributed by atoms with van der Waals surface area (Å²) in [4.78, 5) is 37.8. The third-order valence-electron chi connectivity index (χ3n) is 4.44. The zero-order chi connectivity index (χ0) is 20.1. The highest BCUT2D eigenvalue weighted by Crippen LogP contribution is 2.19. The summed E-state index contributed by atoms with van der Waals surface area (Å²) in [6.07, 6.45) is -0.816. The minimum atomic E-state index is -0.816. The van der Waals surface area contributed by atoms with Crippen LogP contribution in [-0.4, -0.2) is 48.5 Å². The summed E-state index contributed by atoms with van der Waals surface area (Å²) in [6, 6.07) is 13.8. The maximum absolute atomic E-state index is 12.6. The first-order valence-electron chi connectivity index (χ1n) is 8.88. The Hall–Kier alpha value is -3.39. The van der Waals surface area contributed by atoms with Crippen molar-refractivity contribution in [2.24, 2.45) is 5.73 Å². The normalized spacial score (nSPS) is 16.3. The number of hydrogen-bond donors (Lipinski definition) is 3. The molecule has 4 amide bonds. The summed E-state index contributed by atoms with van der Waals surface area (Å²) >= 11 is 0. The number of para-hydroxylation sites is 1.